The molecule has 0 spiro atoms. The zero-order chi connectivity index (χ0) is 5.98. The largest absolute Gasteiger partial charge is 0.341 e. The average molecular weight is 167 g/mol. The highest BCUT2D eigenvalue weighted by atomic mass is 35.5. The van der Waals surface area contributed by atoms with Crippen LogP contribution in [0.2, 0.25) is 0 Å². The van der Waals surface area contributed by atoms with E-state index in [-0.39, 0.29) is 18.2 Å². The van der Waals surface area contributed by atoms with Gasteiger partial charge in [0.2, 0.25) is 0 Å². The third-order valence-electron chi connectivity index (χ3n) is 0.684. The summed E-state index contributed by atoms with van der Waals surface area (Å²) in [4.78, 5) is 16.3. The van der Waals surface area contributed by atoms with Gasteiger partial charge >= 0.3 is 0 Å². The van der Waals surface area contributed by atoms with Gasteiger partial charge in [-0.15, -0.1) is 12.4 Å². The van der Waals surface area contributed by atoms with E-state index in [1.807, 2.05) is 0 Å². The third kappa shape index (κ3) is 2.03. The van der Waals surface area contributed by atoms with E-state index in [9.17, 15) is 4.79 Å². The number of imidazole rings is 1. The number of hydrogen-bond donors (Lipinski definition) is 1. The lowest BCUT2D eigenvalue weighted by atomic mass is 10.7. The summed E-state index contributed by atoms with van der Waals surface area (Å²) in [5.74, 6) is 0.187. The van der Waals surface area contributed by atoms with E-state index in [0.29, 0.717) is 0 Å². The first-order valence-corrected chi connectivity index (χ1v) is 2.37. The van der Waals surface area contributed by atoms with Crippen LogP contribution in [0.5, 0.6) is 0 Å². The standard InChI is InChI=1S/C4H3ClN2O.ClH/c5-3(8)4-6-1-2-7-4;/h1-2H,(H,6,7);1H. The Hall–Kier alpha value is -0.540. The maximum Gasteiger partial charge on any atom is 0.287 e. The molecule has 1 heterocycles. The topological polar surface area (TPSA) is 45.8 Å². The highest BCUT2D eigenvalue weighted by Gasteiger charge is 1.99. The second-order valence-electron chi connectivity index (χ2n) is 1.21. The summed E-state index contributed by atoms with van der Waals surface area (Å²) >= 11 is 5.01. The summed E-state index contributed by atoms with van der Waals surface area (Å²) < 4.78 is 0. The Morgan fingerprint density at radius 3 is 2.67 bits per heavy atom. The molecule has 9 heavy (non-hydrogen) atoms. The Morgan fingerprint density at radius 1 is 1.78 bits per heavy atom. The van der Waals surface area contributed by atoms with Crippen molar-refractivity contribution in [2.75, 3.05) is 0 Å². The Balaban J connectivity index is 0.000000640. The van der Waals surface area contributed by atoms with Crippen molar-refractivity contribution in [3.05, 3.63) is 18.2 Å². The van der Waals surface area contributed by atoms with Gasteiger partial charge in [-0.05, 0) is 11.6 Å². The third-order valence-corrected chi connectivity index (χ3v) is 0.863. The lowest BCUT2D eigenvalue weighted by molar-refractivity contribution is 0.107. The minimum absolute atomic E-state index is 0. The molecule has 0 aromatic carbocycles. The van der Waals surface area contributed by atoms with Gasteiger partial charge in [0.05, 0.1) is 0 Å². The van der Waals surface area contributed by atoms with E-state index in [0.717, 1.165) is 0 Å². The first-order chi connectivity index (χ1) is 3.80. The number of aromatic nitrogens is 2. The summed E-state index contributed by atoms with van der Waals surface area (Å²) in [6, 6.07) is 0. The van der Waals surface area contributed by atoms with Gasteiger partial charge in [-0.3, -0.25) is 4.79 Å². The van der Waals surface area contributed by atoms with Crippen molar-refractivity contribution in [3.8, 4) is 0 Å². The number of carbonyl (C=O) groups is 1. The van der Waals surface area contributed by atoms with Crippen LogP contribution in [0.1, 0.15) is 10.6 Å². The molecule has 0 aliphatic rings. The van der Waals surface area contributed by atoms with Gasteiger partial charge in [0.1, 0.15) is 0 Å². The minimum Gasteiger partial charge on any atom is -0.341 e. The highest BCUT2D eigenvalue weighted by Crippen LogP contribution is 1.92. The number of hydrogen-bond acceptors (Lipinski definition) is 2. The predicted molar refractivity (Wildman–Crippen MR) is 36.0 cm³/mol. The minimum atomic E-state index is -0.560. The van der Waals surface area contributed by atoms with Crippen LogP contribution in [-0.2, 0) is 0 Å². The van der Waals surface area contributed by atoms with Gasteiger partial charge in [-0.2, -0.15) is 0 Å². The van der Waals surface area contributed by atoms with Crippen molar-refractivity contribution in [3.63, 3.8) is 0 Å². The fraction of sp³-hybridized carbons (Fsp3) is 0. The SMILES string of the molecule is Cl.O=C(Cl)c1ncc[nH]1. The smallest absolute Gasteiger partial charge is 0.287 e. The van der Waals surface area contributed by atoms with Gasteiger partial charge in [0.25, 0.3) is 5.24 Å². The Morgan fingerprint density at radius 2 is 2.44 bits per heavy atom. The number of H-pyrrole nitrogens is 1. The molecule has 5 heteroatoms. The quantitative estimate of drug-likeness (QED) is 0.639. The second-order valence-corrected chi connectivity index (χ2v) is 1.55. The number of rotatable bonds is 1. The van der Waals surface area contributed by atoms with Crippen LogP contribution in [0.4, 0.5) is 0 Å². The Kier molecular flexibility index (Phi) is 3.27. The number of nitrogens with zero attached hydrogens (tertiary/aromatic N) is 1. The van der Waals surface area contributed by atoms with E-state index < -0.39 is 5.24 Å². The van der Waals surface area contributed by atoms with E-state index >= 15 is 0 Å². The first-order valence-electron chi connectivity index (χ1n) is 2.00. The molecule has 0 aliphatic heterocycles. The predicted octanol–water partition coefficient (Wildman–Crippen LogP) is 1.21. The highest BCUT2D eigenvalue weighted by molar-refractivity contribution is 6.67. The maximum absolute atomic E-state index is 10.2. The van der Waals surface area contributed by atoms with E-state index in [2.05, 4.69) is 9.97 Å². The molecule has 1 N–H and O–H groups in total. The summed E-state index contributed by atoms with van der Waals surface area (Å²) in [6.07, 6.45) is 3.01. The molecule has 0 saturated carbocycles. The van der Waals surface area contributed by atoms with E-state index in [1.165, 1.54) is 12.4 Å². The van der Waals surface area contributed by atoms with Crippen molar-refractivity contribution < 1.29 is 4.79 Å². The molecule has 0 saturated heterocycles. The molecular formula is C4H4Cl2N2O. The van der Waals surface area contributed by atoms with Crippen molar-refractivity contribution in [1.82, 2.24) is 9.97 Å². The van der Waals surface area contributed by atoms with Gasteiger partial charge < -0.3 is 4.98 Å². The maximum atomic E-state index is 10.2. The average Bonchev–Trinajstić information content (AvgIpc) is 2.12. The van der Waals surface area contributed by atoms with Crippen LogP contribution in [0.25, 0.3) is 0 Å². The van der Waals surface area contributed by atoms with Crippen LogP contribution in [0.3, 0.4) is 0 Å². The van der Waals surface area contributed by atoms with Crippen LogP contribution in [0.15, 0.2) is 12.4 Å². The van der Waals surface area contributed by atoms with Crippen LogP contribution in [-0.4, -0.2) is 15.2 Å². The molecule has 0 unspecified atom stereocenters. The van der Waals surface area contributed by atoms with Gasteiger partial charge in [0, 0.05) is 12.4 Å². The van der Waals surface area contributed by atoms with Crippen LogP contribution < -0.4 is 0 Å². The second kappa shape index (κ2) is 3.48. The number of carbonyl (C=O) groups excluding carboxylic acids is 1. The molecule has 0 fully saturated rings. The van der Waals surface area contributed by atoms with Gasteiger partial charge in [-0.25, -0.2) is 4.98 Å². The van der Waals surface area contributed by atoms with Crippen LogP contribution in [0, 0.1) is 0 Å². The monoisotopic (exact) mass is 166 g/mol. The normalized spacial score (nSPS) is 8.11. The molecule has 0 atom stereocenters. The van der Waals surface area contributed by atoms with Crippen molar-refractivity contribution in [2.24, 2.45) is 0 Å². The summed E-state index contributed by atoms with van der Waals surface area (Å²) in [7, 11) is 0. The first kappa shape index (κ1) is 8.46. The zero-order valence-electron chi connectivity index (χ0n) is 4.30. The molecule has 3 nitrogen and oxygen atoms in total. The fourth-order valence-electron chi connectivity index (χ4n) is 0.373. The number of halogens is 2. The molecule has 1 aromatic rings. The Labute approximate surface area is 62.8 Å². The lowest BCUT2D eigenvalue weighted by Gasteiger charge is -1.77. The molecule has 0 aliphatic carbocycles. The van der Waals surface area contributed by atoms with Crippen molar-refractivity contribution >= 4 is 29.3 Å². The molecule has 0 amide bonds. The Bertz CT molecular complexity index is 184. The number of nitrogens with one attached hydrogen (secondary N) is 1. The summed E-state index contributed by atoms with van der Waals surface area (Å²) in [5.41, 5.74) is 0. The molecule has 1 aromatic heterocycles. The molecular weight excluding hydrogens is 163 g/mol. The molecule has 0 radical (unpaired) electrons. The van der Waals surface area contributed by atoms with Crippen molar-refractivity contribution in [1.29, 1.82) is 0 Å². The molecule has 1 rings (SSSR count). The summed E-state index contributed by atoms with van der Waals surface area (Å²) in [6.45, 7) is 0. The van der Waals surface area contributed by atoms with Crippen molar-refractivity contribution in [2.45, 2.75) is 0 Å². The summed E-state index contributed by atoms with van der Waals surface area (Å²) in [5, 5.41) is -0.560. The van der Waals surface area contributed by atoms with Gasteiger partial charge in [0.15, 0.2) is 5.82 Å². The van der Waals surface area contributed by atoms with E-state index in [1.54, 1.807) is 0 Å². The number of aromatic amines is 1. The zero-order valence-corrected chi connectivity index (χ0v) is 5.87. The molecule has 0 bridgehead atoms. The molecule has 50 valence electrons. The van der Waals surface area contributed by atoms with E-state index in [4.69, 9.17) is 11.6 Å². The van der Waals surface area contributed by atoms with Gasteiger partial charge in [-0.1, -0.05) is 0 Å². The van der Waals surface area contributed by atoms with Crippen LogP contribution >= 0.6 is 24.0 Å². The fourth-order valence-corrected chi connectivity index (χ4v) is 0.476. The lowest BCUT2D eigenvalue weighted by Crippen LogP contribution is -1.89.